The summed E-state index contributed by atoms with van der Waals surface area (Å²) in [4.78, 5) is 2.08. The first kappa shape index (κ1) is 14.5. The van der Waals surface area contributed by atoms with Crippen molar-refractivity contribution in [2.24, 2.45) is 0 Å². The average molecular weight is 301 g/mol. The SMILES string of the molecule is CNCc1ccc(N(C)C(C)(C)CO)cc1Br. The fraction of sp³-hybridized carbons (Fsp3) is 0.538. The van der Waals surface area contributed by atoms with Crippen LogP contribution in [0.15, 0.2) is 22.7 Å². The maximum Gasteiger partial charge on any atom is 0.0658 e. The van der Waals surface area contributed by atoms with Gasteiger partial charge in [-0.25, -0.2) is 0 Å². The fourth-order valence-corrected chi connectivity index (χ4v) is 2.04. The van der Waals surface area contributed by atoms with Crippen LogP contribution in [0.5, 0.6) is 0 Å². The van der Waals surface area contributed by atoms with E-state index < -0.39 is 0 Å². The lowest BCUT2D eigenvalue weighted by Crippen LogP contribution is -2.44. The van der Waals surface area contributed by atoms with Crippen LogP contribution < -0.4 is 10.2 Å². The molecule has 0 fully saturated rings. The van der Waals surface area contributed by atoms with Crippen molar-refractivity contribution < 1.29 is 5.11 Å². The molecule has 0 unspecified atom stereocenters. The van der Waals surface area contributed by atoms with E-state index in [1.54, 1.807) is 0 Å². The molecule has 1 aromatic rings. The third-order valence-electron chi connectivity index (χ3n) is 3.09. The second kappa shape index (κ2) is 5.85. The highest BCUT2D eigenvalue weighted by molar-refractivity contribution is 9.10. The van der Waals surface area contributed by atoms with Gasteiger partial charge in [-0.2, -0.15) is 0 Å². The molecule has 0 aliphatic rings. The molecule has 0 spiro atoms. The van der Waals surface area contributed by atoms with Crippen LogP contribution >= 0.6 is 15.9 Å². The molecule has 1 rings (SSSR count). The summed E-state index contributed by atoms with van der Waals surface area (Å²) in [7, 11) is 3.93. The number of nitrogens with zero attached hydrogens (tertiary/aromatic N) is 1. The number of rotatable bonds is 5. The fourth-order valence-electron chi connectivity index (χ4n) is 1.53. The van der Waals surface area contributed by atoms with E-state index in [4.69, 9.17) is 0 Å². The maximum atomic E-state index is 9.37. The predicted molar refractivity (Wildman–Crippen MR) is 76.5 cm³/mol. The van der Waals surface area contributed by atoms with Crippen molar-refractivity contribution in [2.45, 2.75) is 25.9 Å². The standard InChI is InChI=1S/C13H21BrN2O/c1-13(2,9-17)16(4)11-6-5-10(8-15-3)12(14)7-11/h5-7,15,17H,8-9H2,1-4H3. The van der Waals surface area contributed by atoms with Crippen LogP contribution in [-0.2, 0) is 6.54 Å². The van der Waals surface area contributed by atoms with Crippen LogP contribution in [0.4, 0.5) is 5.69 Å². The predicted octanol–water partition coefficient (Wildman–Crippen LogP) is 2.38. The van der Waals surface area contributed by atoms with Crippen molar-refractivity contribution in [3.8, 4) is 0 Å². The smallest absolute Gasteiger partial charge is 0.0658 e. The lowest BCUT2D eigenvalue weighted by Gasteiger charge is -2.36. The van der Waals surface area contributed by atoms with E-state index in [0.717, 1.165) is 16.7 Å². The van der Waals surface area contributed by atoms with Gasteiger partial charge in [-0.3, -0.25) is 0 Å². The van der Waals surface area contributed by atoms with Crippen LogP contribution in [0.1, 0.15) is 19.4 Å². The highest BCUT2D eigenvalue weighted by atomic mass is 79.9. The molecule has 0 aliphatic heterocycles. The molecule has 0 amide bonds. The van der Waals surface area contributed by atoms with Gasteiger partial charge in [0.1, 0.15) is 0 Å². The first-order valence-corrected chi connectivity index (χ1v) is 6.49. The second-order valence-corrected chi connectivity index (χ2v) is 5.69. The highest BCUT2D eigenvalue weighted by Gasteiger charge is 2.22. The molecule has 0 bridgehead atoms. The largest absolute Gasteiger partial charge is 0.394 e. The summed E-state index contributed by atoms with van der Waals surface area (Å²) >= 11 is 3.58. The minimum atomic E-state index is -0.260. The summed E-state index contributed by atoms with van der Waals surface area (Å²) in [5.74, 6) is 0. The van der Waals surface area contributed by atoms with E-state index in [1.807, 2.05) is 27.9 Å². The van der Waals surface area contributed by atoms with Gasteiger partial charge in [-0.05, 0) is 38.6 Å². The van der Waals surface area contributed by atoms with Crippen molar-refractivity contribution in [3.63, 3.8) is 0 Å². The Kier molecular flexibility index (Phi) is 4.98. The Bertz CT molecular complexity index is 380. The van der Waals surface area contributed by atoms with Crippen LogP contribution in [0.25, 0.3) is 0 Å². The van der Waals surface area contributed by atoms with Crippen LogP contribution in [0, 0.1) is 0 Å². The van der Waals surface area contributed by atoms with E-state index in [-0.39, 0.29) is 12.1 Å². The Hall–Kier alpha value is -0.580. The molecule has 0 aromatic heterocycles. The molecule has 0 atom stereocenters. The molecule has 0 aliphatic carbocycles. The molecule has 0 saturated heterocycles. The lowest BCUT2D eigenvalue weighted by molar-refractivity contribution is 0.216. The number of aliphatic hydroxyl groups is 1. The molecular weight excluding hydrogens is 280 g/mol. The normalized spacial score (nSPS) is 11.6. The summed E-state index contributed by atoms with van der Waals surface area (Å²) in [5, 5.41) is 12.5. The van der Waals surface area contributed by atoms with Gasteiger partial charge in [0.15, 0.2) is 0 Å². The quantitative estimate of drug-likeness (QED) is 0.876. The first-order valence-electron chi connectivity index (χ1n) is 5.70. The van der Waals surface area contributed by atoms with E-state index in [2.05, 4.69) is 44.3 Å². The first-order chi connectivity index (χ1) is 7.92. The van der Waals surface area contributed by atoms with Crippen molar-refractivity contribution in [3.05, 3.63) is 28.2 Å². The number of likely N-dealkylation sites (N-methyl/N-ethyl adjacent to an activating group) is 1. The minimum Gasteiger partial charge on any atom is -0.394 e. The van der Waals surface area contributed by atoms with Crippen molar-refractivity contribution >= 4 is 21.6 Å². The maximum absolute atomic E-state index is 9.37. The number of aliphatic hydroxyl groups excluding tert-OH is 1. The Labute approximate surface area is 112 Å². The van der Waals surface area contributed by atoms with Crippen molar-refractivity contribution in [1.29, 1.82) is 0 Å². The summed E-state index contributed by atoms with van der Waals surface area (Å²) in [6.45, 7) is 5.00. The minimum absolute atomic E-state index is 0.124. The Morgan fingerprint density at radius 1 is 1.41 bits per heavy atom. The average Bonchev–Trinajstić information content (AvgIpc) is 2.31. The van der Waals surface area contributed by atoms with E-state index >= 15 is 0 Å². The van der Waals surface area contributed by atoms with Crippen LogP contribution in [0.2, 0.25) is 0 Å². The second-order valence-electron chi connectivity index (χ2n) is 4.84. The number of anilines is 1. The van der Waals surface area contributed by atoms with Crippen LogP contribution in [-0.4, -0.2) is 31.3 Å². The molecular formula is C13H21BrN2O. The van der Waals surface area contributed by atoms with Gasteiger partial charge in [-0.15, -0.1) is 0 Å². The Morgan fingerprint density at radius 3 is 2.53 bits per heavy atom. The van der Waals surface area contributed by atoms with Gasteiger partial charge >= 0.3 is 0 Å². The van der Waals surface area contributed by atoms with Gasteiger partial charge in [0, 0.05) is 23.8 Å². The topological polar surface area (TPSA) is 35.5 Å². The van der Waals surface area contributed by atoms with Crippen molar-refractivity contribution in [2.75, 3.05) is 25.6 Å². The summed E-state index contributed by atoms with van der Waals surface area (Å²) in [6.07, 6.45) is 0. The molecule has 2 N–H and O–H groups in total. The third-order valence-corrected chi connectivity index (χ3v) is 3.82. The molecule has 17 heavy (non-hydrogen) atoms. The van der Waals surface area contributed by atoms with Gasteiger partial charge < -0.3 is 15.3 Å². The molecule has 3 nitrogen and oxygen atoms in total. The Morgan fingerprint density at radius 2 is 2.06 bits per heavy atom. The molecule has 1 aromatic carbocycles. The van der Waals surface area contributed by atoms with E-state index in [1.165, 1.54) is 5.56 Å². The highest BCUT2D eigenvalue weighted by Crippen LogP contribution is 2.27. The van der Waals surface area contributed by atoms with Gasteiger partial charge in [0.2, 0.25) is 0 Å². The third kappa shape index (κ3) is 3.44. The number of benzene rings is 1. The Balaban J connectivity index is 2.97. The zero-order chi connectivity index (χ0) is 13.1. The van der Waals surface area contributed by atoms with E-state index in [9.17, 15) is 5.11 Å². The number of hydrogen-bond acceptors (Lipinski definition) is 3. The monoisotopic (exact) mass is 300 g/mol. The lowest BCUT2D eigenvalue weighted by atomic mass is 10.0. The van der Waals surface area contributed by atoms with Gasteiger partial charge in [-0.1, -0.05) is 22.0 Å². The molecule has 0 radical (unpaired) electrons. The molecule has 0 heterocycles. The molecule has 0 saturated carbocycles. The summed E-state index contributed by atoms with van der Waals surface area (Å²) in [6, 6.07) is 6.26. The molecule has 4 heteroatoms. The van der Waals surface area contributed by atoms with Gasteiger partial charge in [0.25, 0.3) is 0 Å². The molecule has 96 valence electrons. The summed E-state index contributed by atoms with van der Waals surface area (Å²) < 4.78 is 1.09. The zero-order valence-electron chi connectivity index (χ0n) is 10.9. The number of halogens is 1. The van der Waals surface area contributed by atoms with Gasteiger partial charge in [0.05, 0.1) is 12.1 Å². The number of hydrogen-bond donors (Lipinski definition) is 2. The zero-order valence-corrected chi connectivity index (χ0v) is 12.5. The van der Waals surface area contributed by atoms with Crippen LogP contribution in [0.3, 0.4) is 0 Å². The van der Waals surface area contributed by atoms with Crippen molar-refractivity contribution in [1.82, 2.24) is 5.32 Å². The summed E-state index contributed by atoms with van der Waals surface area (Å²) in [5.41, 5.74) is 2.06. The van der Waals surface area contributed by atoms with E-state index in [0.29, 0.717) is 0 Å². The number of nitrogens with one attached hydrogen (secondary N) is 1.